The van der Waals surface area contributed by atoms with Gasteiger partial charge in [0.25, 0.3) is 5.56 Å². The third-order valence-electron chi connectivity index (χ3n) is 6.69. The van der Waals surface area contributed by atoms with E-state index in [9.17, 15) is 9.90 Å². The lowest BCUT2D eigenvalue weighted by Crippen LogP contribution is -2.42. The third kappa shape index (κ3) is 4.07. The quantitative estimate of drug-likeness (QED) is 0.626. The minimum absolute atomic E-state index is 0.0845. The highest BCUT2D eigenvalue weighted by atomic mass is 16.5. The van der Waals surface area contributed by atoms with Gasteiger partial charge in [-0.15, -0.1) is 5.10 Å². The molecule has 0 spiro atoms. The number of aryl methyl sites for hydroxylation is 2. The van der Waals surface area contributed by atoms with E-state index in [0.717, 1.165) is 41.5 Å². The Balaban J connectivity index is 1.61. The molecule has 9 nitrogen and oxygen atoms in total. The number of aromatic amines is 1. The van der Waals surface area contributed by atoms with Crippen molar-refractivity contribution in [1.82, 2.24) is 30.1 Å². The lowest BCUT2D eigenvalue weighted by Gasteiger charge is -2.35. The molecule has 2 aliphatic heterocycles. The van der Waals surface area contributed by atoms with Crippen LogP contribution in [-0.4, -0.2) is 67.1 Å². The Labute approximate surface area is 186 Å². The second-order valence-corrected chi connectivity index (χ2v) is 9.12. The fourth-order valence-corrected chi connectivity index (χ4v) is 5.07. The van der Waals surface area contributed by atoms with Crippen molar-refractivity contribution in [2.75, 3.05) is 19.7 Å². The molecular formula is C23H30N6O3. The molecule has 0 saturated carbocycles. The molecule has 5 rings (SSSR count). The number of rotatable bonds is 5. The van der Waals surface area contributed by atoms with Crippen molar-refractivity contribution < 1.29 is 9.84 Å². The Kier molecular flexibility index (Phi) is 5.79. The molecule has 2 saturated heterocycles. The average molecular weight is 439 g/mol. The first-order chi connectivity index (χ1) is 15.5. The Morgan fingerprint density at radius 3 is 2.78 bits per heavy atom. The fraction of sp³-hybridized carbons (Fsp3) is 0.565. The smallest absolute Gasteiger partial charge is 0.253 e. The van der Waals surface area contributed by atoms with Crippen LogP contribution >= 0.6 is 0 Å². The van der Waals surface area contributed by atoms with Gasteiger partial charge >= 0.3 is 0 Å². The molecule has 1 aromatic carbocycles. The number of fused-ring (bicyclic) bond motifs is 1. The molecule has 0 amide bonds. The zero-order valence-electron chi connectivity index (χ0n) is 18.6. The number of piperidine rings is 1. The van der Waals surface area contributed by atoms with E-state index in [1.165, 1.54) is 0 Å². The monoisotopic (exact) mass is 438 g/mol. The van der Waals surface area contributed by atoms with Crippen LogP contribution in [0.2, 0.25) is 0 Å². The molecule has 2 unspecified atom stereocenters. The molecule has 4 heterocycles. The maximum absolute atomic E-state index is 13.3. The molecule has 0 radical (unpaired) electrons. The highest BCUT2D eigenvalue weighted by Crippen LogP contribution is 2.30. The number of H-pyrrole nitrogens is 1. The largest absolute Gasteiger partial charge is 0.393 e. The number of likely N-dealkylation sites (tertiary alicyclic amines) is 1. The summed E-state index contributed by atoms with van der Waals surface area (Å²) in [6.07, 6.45) is 3.12. The summed E-state index contributed by atoms with van der Waals surface area (Å²) >= 11 is 0. The number of nitrogens with zero attached hydrogens (tertiary/aromatic N) is 5. The topological polar surface area (TPSA) is 109 Å². The van der Waals surface area contributed by atoms with Gasteiger partial charge in [-0.05, 0) is 73.0 Å². The number of nitrogens with one attached hydrogen (secondary N) is 1. The van der Waals surface area contributed by atoms with Gasteiger partial charge in [-0.2, -0.15) is 0 Å². The summed E-state index contributed by atoms with van der Waals surface area (Å²) < 4.78 is 7.59. The van der Waals surface area contributed by atoms with E-state index in [-0.39, 0.29) is 17.8 Å². The summed E-state index contributed by atoms with van der Waals surface area (Å²) in [6.45, 7) is 6.74. The van der Waals surface area contributed by atoms with Crippen molar-refractivity contribution in [3.05, 3.63) is 51.1 Å². The number of aliphatic hydroxyl groups is 1. The van der Waals surface area contributed by atoms with Gasteiger partial charge in [-0.1, -0.05) is 11.6 Å². The molecule has 2 atom stereocenters. The summed E-state index contributed by atoms with van der Waals surface area (Å²) in [6, 6.07) is 5.75. The highest BCUT2D eigenvalue weighted by Gasteiger charge is 2.33. The van der Waals surface area contributed by atoms with E-state index in [1.54, 1.807) is 4.68 Å². The van der Waals surface area contributed by atoms with E-state index >= 15 is 0 Å². The number of hydrogen-bond acceptors (Lipinski definition) is 7. The molecule has 2 N–H and O–H groups in total. The summed E-state index contributed by atoms with van der Waals surface area (Å²) in [5.74, 6) is 0.645. The first kappa shape index (κ1) is 21.2. The maximum Gasteiger partial charge on any atom is 0.253 e. The van der Waals surface area contributed by atoms with Crippen molar-refractivity contribution in [1.29, 1.82) is 0 Å². The molecular weight excluding hydrogens is 408 g/mol. The standard InChI is InChI=1S/C23H30N6O3/c1-14-10-15(2)20-16(11-14)12-19(23(31)24-20)21(28-7-5-17(30)6-8-28)22-25-26-27-29(22)13-18-4-3-9-32-18/h10-12,17-18,21,30H,3-9,13H2,1-2H3,(H,24,31). The molecule has 2 aliphatic rings. The Hall–Kier alpha value is -2.62. The molecule has 2 aromatic heterocycles. The second kappa shape index (κ2) is 8.73. The third-order valence-corrected chi connectivity index (χ3v) is 6.69. The zero-order chi connectivity index (χ0) is 22.2. The lowest BCUT2D eigenvalue weighted by molar-refractivity contribution is 0.0632. The Bertz CT molecular complexity index is 1160. The number of pyridine rings is 1. The number of tetrazole rings is 1. The highest BCUT2D eigenvalue weighted by molar-refractivity contribution is 5.83. The number of hydrogen-bond donors (Lipinski definition) is 2. The normalized spacial score (nSPS) is 21.4. The van der Waals surface area contributed by atoms with Crippen LogP contribution in [0.15, 0.2) is 23.0 Å². The maximum atomic E-state index is 13.3. The molecule has 0 bridgehead atoms. The zero-order valence-corrected chi connectivity index (χ0v) is 18.6. The molecule has 3 aromatic rings. The molecule has 170 valence electrons. The predicted octanol–water partition coefficient (Wildman–Crippen LogP) is 1.86. The van der Waals surface area contributed by atoms with Crippen LogP contribution in [-0.2, 0) is 11.3 Å². The Morgan fingerprint density at radius 1 is 1.22 bits per heavy atom. The van der Waals surface area contributed by atoms with Gasteiger partial charge in [0.2, 0.25) is 0 Å². The molecule has 0 aliphatic carbocycles. The van der Waals surface area contributed by atoms with Crippen LogP contribution in [0.25, 0.3) is 10.9 Å². The summed E-state index contributed by atoms with van der Waals surface area (Å²) in [5, 5.41) is 23.6. The van der Waals surface area contributed by atoms with E-state index in [2.05, 4.69) is 44.5 Å². The number of ether oxygens (including phenoxy) is 1. The predicted molar refractivity (Wildman–Crippen MR) is 119 cm³/mol. The first-order valence-electron chi connectivity index (χ1n) is 11.4. The van der Waals surface area contributed by atoms with Crippen LogP contribution in [0, 0.1) is 13.8 Å². The lowest BCUT2D eigenvalue weighted by atomic mass is 9.98. The second-order valence-electron chi connectivity index (χ2n) is 9.12. The van der Waals surface area contributed by atoms with Crippen molar-refractivity contribution >= 4 is 10.9 Å². The SMILES string of the molecule is Cc1cc(C)c2[nH]c(=O)c(C(c3nnnn3CC3CCCO3)N3CCC(O)CC3)cc2c1. The van der Waals surface area contributed by atoms with Gasteiger partial charge in [0, 0.05) is 25.3 Å². The van der Waals surface area contributed by atoms with Gasteiger partial charge < -0.3 is 14.8 Å². The van der Waals surface area contributed by atoms with Crippen molar-refractivity contribution in [3.8, 4) is 0 Å². The number of aromatic nitrogens is 5. The number of aliphatic hydroxyl groups excluding tert-OH is 1. The first-order valence-corrected chi connectivity index (χ1v) is 11.4. The van der Waals surface area contributed by atoms with Gasteiger partial charge in [-0.3, -0.25) is 9.69 Å². The van der Waals surface area contributed by atoms with E-state index in [1.807, 2.05) is 13.0 Å². The number of benzene rings is 1. The van der Waals surface area contributed by atoms with Crippen LogP contribution in [0.4, 0.5) is 0 Å². The minimum atomic E-state index is -0.395. The van der Waals surface area contributed by atoms with Crippen LogP contribution in [0.1, 0.15) is 54.2 Å². The molecule has 9 heteroatoms. The van der Waals surface area contributed by atoms with Crippen LogP contribution in [0.3, 0.4) is 0 Å². The van der Waals surface area contributed by atoms with Gasteiger partial charge in [0.05, 0.1) is 24.3 Å². The van der Waals surface area contributed by atoms with Gasteiger partial charge in [0.1, 0.15) is 6.04 Å². The van der Waals surface area contributed by atoms with E-state index in [4.69, 9.17) is 4.74 Å². The van der Waals surface area contributed by atoms with Crippen molar-refractivity contribution in [3.63, 3.8) is 0 Å². The molecule has 2 fully saturated rings. The summed E-state index contributed by atoms with van der Waals surface area (Å²) in [5.41, 5.74) is 3.55. The van der Waals surface area contributed by atoms with Crippen LogP contribution in [0.5, 0.6) is 0 Å². The average Bonchev–Trinajstić information content (AvgIpc) is 3.44. The van der Waals surface area contributed by atoms with Crippen molar-refractivity contribution in [2.24, 2.45) is 0 Å². The summed E-state index contributed by atoms with van der Waals surface area (Å²) in [7, 11) is 0. The minimum Gasteiger partial charge on any atom is -0.393 e. The molecule has 32 heavy (non-hydrogen) atoms. The Morgan fingerprint density at radius 2 is 2.03 bits per heavy atom. The van der Waals surface area contributed by atoms with Gasteiger partial charge in [-0.25, -0.2) is 4.68 Å². The summed E-state index contributed by atoms with van der Waals surface area (Å²) in [4.78, 5) is 18.6. The van der Waals surface area contributed by atoms with Crippen LogP contribution < -0.4 is 5.56 Å². The van der Waals surface area contributed by atoms with E-state index < -0.39 is 6.04 Å². The van der Waals surface area contributed by atoms with E-state index in [0.29, 0.717) is 43.9 Å². The fourth-order valence-electron chi connectivity index (χ4n) is 5.07. The van der Waals surface area contributed by atoms with Crippen molar-refractivity contribution in [2.45, 2.75) is 64.3 Å². The van der Waals surface area contributed by atoms with Gasteiger partial charge in [0.15, 0.2) is 5.82 Å².